The molecule has 2 nitrogen and oxygen atoms in total. The third-order valence-electron chi connectivity index (χ3n) is 2.53. The SMILES string of the molecule is CNC(C)Cc1cc2cc(Br)ccc2o1. The molecule has 1 heterocycles. The van der Waals surface area contributed by atoms with Crippen LogP contribution < -0.4 is 5.32 Å². The van der Waals surface area contributed by atoms with Gasteiger partial charge in [-0.3, -0.25) is 0 Å². The van der Waals surface area contributed by atoms with Crippen molar-refractivity contribution >= 4 is 26.9 Å². The fourth-order valence-electron chi connectivity index (χ4n) is 1.57. The van der Waals surface area contributed by atoms with E-state index in [0.717, 1.165) is 27.6 Å². The van der Waals surface area contributed by atoms with Gasteiger partial charge in [-0.25, -0.2) is 0 Å². The molecule has 0 aliphatic heterocycles. The molecule has 0 bridgehead atoms. The van der Waals surface area contributed by atoms with Gasteiger partial charge in [0.15, 0.2) is 0 Å². The predicted molar refractivity (Wildman–Crippen MR) is 66.1 cm³/mol. The van der Waals surface area contributed by atoms with E-state index < -0.39 is 0 Å². The van der Waals surface area contributed by atoms with E-state index in [2.05, 4.69) is 40.3 Å². The van der Waals surface area contributed by atoms with E-state index in [4.69, 9.17) is 4.42 Å². The van der Waals surface area contributed by atoms with Crippen LogP contribution in [0.5, 0.6) is 0 Å². The maximum absolute atomic E-state index is 5.73. The van der Waals surface area contributed by atoms with Crippen molar-refractivity contribution in [2.24, 2.45) is 0 Å². The molecule has 80 valence electrons. The first-order valence-corrected chi connectivity index (χ1v) is 5.83. The van der Waals surface area contributed by atoms with E-state index in [1.807, 2.05) is 19.2 Å². The van der Waals surface area contributed by atoms with Crippen LogP contribution in [0.2, 0.25) is 0 Å². The van der Waals surface area contributed by atoms with Crippen LogP contribution in [0.25, 0.3) is 11.0 Å². The highest BCUT2D eigenvalue weighted by atomic mass is 79.9. The molecule has 2 rings (SSSR count). The van der Waals surface area contributed by atoms with Gasteiger partial charge in [0, 0.05) is 22.3 Å². The molecule has 0 aliphatic carbocycles. The number of furan rings is 1. The van der Waals surface area contributed by atoms with E-state index in [-0.39, 0.29) is 0 Å². The number of halogens is 1. The van der Waals surface area contributed by atoms with Crippen molar-refractivity contribution in [1.82, 2.24) is 5.32 Å². The van der Waals surface area contributed by atoms with Gasteiger partial charge in [0.2, 0.25) is 0 Å². The minimum absolute atomic E-state index is 0.439. The Morgan fingerprint density at radius 3 is 2.93 bits per heavy atom. The summed E-state index contributed by atoms with van der Waals surface area (Å²) in [5, 5.41) is 4.36. The first-order valence-electron chi connectivity index (χ1n) is 5.04. The largest absolute Gasteiger partial charge is 0.461 e. The summed E-state index contributed by atoms with van der Waals surface area (Å²) < 4.78 is 6.82. The summed E-state index contributed by atoms with van der Waals surface area (Å²) in [6.07, 6.45) is 0.919. The van der Waals surface area contributed by atoms with Crippen molar-refractivity contribution in [3.8, 4) is 0 Å². The van der Waals surface area contributed by atoms with Gasteiger partial charge in [0.25, 0.3) is 0 Å². The molecule has 1 N–H and O–H groups in total. The molecule has 0 spiro atoms. The lowest BCUT2D eigenvalue weighted by Crippen LogP contribution is -2.23. The summed E-state index contributed by atoms with van der Waals surface area (Å²) in [6.45, 7) is 2.14. The first-order chi connectivity index (χ1) is 7.19. The Bertz CT molecular complexity index is 464. The Morgan fingerprint density at radius 2 is 2.20 bits per heavy atom. The summed E-state index contributed by atoms with van der Waals surface area (Å²) in [7, 11) is 1.96. The molecular formula is C12H14BrNO. The zero-order valence-corrected chi connectivity index (χ0v) is 10.5. The second-order valence-corrected chi connectivity index (χ2v) is 4.70. The predicted octanol–water partition coefficient (Wildman–Crippen LogP) is 3.35. The van der Waals surface area contributed by atoms with E-state index in [0.29, 0.717) is 6.04 Å². The number of nitrogens with one attached hydrogen (secondary N) is 1. The average Bonchev–Trinajstić information content (AvgIpc) is 2.59. The summed E-state index contributed by atoms with van der Waals surface area (Å²) in [6, 6.07) is 8.61. The lowest BCUT2D eigenvalue weighted by molar-refractivity contribution is 0.497. The number of fused-ring (bicyclic) bond motifs is 1. The van der Waals surface area contributed by atoms with Crippen molar-refractivity contribution in [3.05, 3.63) is 34.5 Å². The zero-order valence-electron chi connectivity index (χ0n) is 8.88. The standard InChI is InChI=1S/C12H14BrNO/c1-8(14-2)5-11-7-9-6-10(13)3-4-12(9)15-11/h3-4,6-8,14H,5H2,1-2H3. The summed E-state index contributed by atoms with van der Waals surface area (Å²) >= 11 is 3.45. The highest BCUT2D eigenvalue weighted by molar-refractivity contribution is 9.10. The average molecular weight is 268 g/mol. The molecule has 2 aromatic rings. The number of rotatable bonds is 3. The topological polar surface area (TPSA) is 25.2 Å². The second kappa shape index (κ2) is 4.37. The second-order valence-electron chi connectivity index (χ2n) is 3.79. The Balaban J connectivity index is 2.30. The fraction of sp³-hybridized carbons (Fsp3) is 0.333. The van der Waals surface area contributed by atoms with Crippen molar-refractivity contribution in [3.63, 3.8) is 0 Å². The molecule has 15 heavy (non-hydrogen) atoms. The van der Waals surface area contributed by atoms with Crippen LogP contribution in [0.15, 0.2) is 33.2 Å². The van der Waals surface area contributed by atoms with E-state index in [1.54, 1.807) is 0 Å². The van der Waals surface area contributed by atoms with E-state index in [9.17, 15) is 0 Å². The quantitative estimate of drug-likeness (QED) is 0.923. The molecule has 0 aliphatic rings. The van der Waals surface area contributed by atoms with Gasteiger partial charge in [-0.2, -0.15) is 0 Å². The summed E-state index contributed by atoms with van der Waals surface area (Å²) in [5.74, 6) is 1.03. The van der Waals surface area contributed by atoms with Crippen LogP contribution in [0.3, 0.4) is 0 Å². The van der Waals surface area contributed by atoms with Crippen molar-refractivity contribution in [2.45, 2.75) is 19.4 Å². The van der Waals surface area contributed by atoms with Gasteiger partial charge in [-0.1, -0.05) is 15.9 Å². The minimum atomic E-state index is 0.439. The van der Waals surface area contributed by atoms with Crippen LogP contribution in [-0.2, 0) is 6.42 Å². The molecule has 1 aromatic carbocycles. The summed E-state index contributed by atoms with van der Waals surface area (Å²) in [5.41, 5.74) is 0.955. The number of benzene rings is 1. The van der Waals surface area contributed by atoms with Gasteiger partial charge < -0.3 is 9.73 Å². The highest BCUT2D eigenvalue weighted by Gasteiger charge is 2.07. The molecule has 0 saturated carbocycles. The summed E-state index contributed by atoms with van der Waals surface area (Å²) in [4.78, 5) is 0. The third kappa shape index (κ3) is 2.41. The van der Waals surface area contributed by atoms with Crippen molar-refractivity contribution in [2.75, 3.05) is 7.05 Å². The molecule has 0 fully saturated rings. The monoisotopic (exact) mass is 267 g/mol. The molecular weight excluding hydrogens is 254 g/mol. The lowest BCUT2D eigenvalue weighted by atomic mass is 10.2. The molecule has 1 atom stereocenters. The number of hydrogen-bond acceptors (Lipinski definition) is 2. The number of hydrogen-bond donors (Lipinski definition) is 1. The van der Waals surface area contributed by atoms with Crippen molar-refractivity contribution < 1.29 is 4.42 Å². The molecule has 0 radical (unpaired) electrons. The molecule has 0 amide bonds. The van der Waals surface area contributed by atoms with Crippen LogP contribution >= 0.6 is 15.9 Å². The fourth-order valence-corrected chi connectivity index (χ4v) is 1.95. The number of likely N-dealkylation sites (N-methyl/N-ethyl adjacent to an activating group) is 1. The Kier molecular flexibility index (Phi) is 3.12. The minimum Gasteiger partial charge on any atom is -0.461 e. The first kappa shape index (κ1) is 10.7. The Morgan fingerprint density at radius 1 is 1.40 bits per heavy atom. The highest BCUT2D eigenvalue weighted by Crippen LogP contribution is 2.23. The normalized spacial score (nSPS) is 13.3. The molecule has 0 saturated heterocycles. The van der Waals surface area contributed by atoms with Crippen LogP contribution in [0.4, 0.5) is 0 Å². The van der Waals surface area contributed by atoms with Gasteiger partial charge in [0.05, 0.1) is 0 Å². The third-order valence-corrected chi connectivity index (χ3v) is 3.02. The maximum atomic E-state index is 5.73. The van der Waals surface area contributed by atoms with Gasteiger partial charge >= 0.3 is 0 Å². The van der Waals surface area contributed by atoms with Crippen LogP contribution in [-0.4, -0.2) is 13.1 Å². The van der Waals surface area contributed by atoms with Crippen LogP contribution in [0.1, 0.15) is 12.7 Å². The smallest absolute Gasteiger partial charge is 0.134 e. The van der Waals surface area contributed by atoms with Gasteiger partial charge in [-0.05, 0) is 38.2 Å². The molecule has 1 aromatic heterocycles. The van der Waals surface area contributed by atoms with Gasteiger partial charge in [0.1, 0.15) is 11.3 Å². The zero-order chi connectivity index (χ0) is 10.8. The maximum Gasteiger partial charge on any atom is 0.134 e. The molecule has 1 unspecified atom stereocenters. The van der Waals surface area contributed by atoms with E-state index in [1.165, 1.54) is 0 Å². The van der Waals surface area contributed by atoms with Crippen molar-refractivity contribution in [1.29, 1.82) is 0 Å². The van der Waals surface area contributed by atoms with Gasteiger partial charge in [-0.15, -0.1) is 0 Å². The van der Waals surface area contributed by atoms with Crippen LogP contribution in [0, 0.1) is 0 Å². The Labute approximate surface area is 97.8 Å². The lowest BCUT2D eigenvalue weighted by Gasteiger charge is -2.06. The molecule has 3 heteroatoms. The van der Waals surface area contributed by atoms with E-state index >= 15 is 0 Å². The Hall–Kier alpha value is -0.800.